The van der Waals surface area contributed by atoms with Gasteiger partial charge in [0.25, 0.3) is 21.8 Å². The van der Waals surface area contributed by atoms with Crippen molar-refractivity contribution >= 4 is 21.8 Å². The molecule has 0 saturated heterocycles. The third kappa shape index (κ3) is 2.67. The maximum Gasteiger partial charge on any atom is 0.268 e. The summed E-state index contributed by atoms with van der Waals surface area (Å²) >= 11 is 0. The van der Waals surface area contributed by atoms with Crippen LogP contribution >= 0.6 is 0 Å². The van der Waals surface area contributed by atoms with Gasteiger partial charge in [0.05, 0.1) is 5.56 Å². The molecule has 3 rings (SSSR count). The molecule has 0 atom stereocenters. The molecule has 0 unspecified atom stereocenters. The van der Waals surface area contributed by atoms with Gasteiger partial charge in [0.15, 0.2) is 0 Å². The number of carbonyl (C=O) groups is 2. The van der Waals surface area contributed by atoms with Gasteiger partial charge < -0.3 is 5.32 Å². The zero-order chi connectivity index (χ0) is 17.3. The maximum atomic E-state index is 12.4. The summed E-state index contributed by atoms with van der Waals surface area (Å²) in [6.07, 6.45) is 0. The van der Waals surface area contributed by atoms with Crippen molar-refractivity contribution in [2.24, 2.45) is 0 Å². The Kier molecular flexibility index (Phi) is 4.11. The predicted molar refractivity (Wildman–Crippen MR) is 88.0 cm³/mol. The van der Waals surface area contributed by atoms with E-state index in [1.54, 1.807) is 6.92 Å². The summed E-state index contributed by atoms with van der Waals surface area (Å²) in [6, 6.07) is 13.5. The average molecular weight is 344 g/mol. The van der Waals surface area contributed by atoms with E-state index in [2.05, 4.69) is 5.32 Å². The van der Waals surface area contributed by atoms with Gasteiger partial charge in [-0.3, -0.25) is 9.59 Å². The lowest BCUT2D eigenvalue weighted by Gasteiger charge is -2.11. The van der Waals surface area contributed by atoms with Crippen LogP contribution < -0.4 is 5.32 Å². The number of nitrogens with zero attached hydrogens (tertiary/aromatic N) is 1. The summed E-state index contributed by atoms with van der Waals surface area (Å²) in [5, 5.41) is 2.74. The lowest BCUT2D eigenvalue weighted by atomic mass is 10.1. The molecule has 0 bridgehead atoms. The van der Waals surface area contributed by atoms with E-state index in [0.717, 1.165) is 9.87 Å². The van der Waals surface area contributed by atoms with Gasteiger partial charge in [-0.25, -0.2) is 12.7 Å². The van der Waals surface area contributed by atoms with Crippen LogP contribution in [0.2, 0.25) is 0 Å². The van der Waals surface area contributed by atoms with Crippen molar-refractivity contribution < 1.29 is 18.0 Å². The van der Waals surface area contributed by atoms with Crippen LogP contribution in [0.4, 0.5) is 0 Å². The quantitative estimate of drug-likeness (QED) is 0.916. The molecule has 2 amide bonds. The van der Waals surface area contributed by atoms with E-state index in [4.69, 9.17) is 0 Å². The van der Waals surface area contributed by atoms with Crippen LogP contribution in [0.1, 0.15) is 33.2 Å². The summed E-state index contributed by atoms with van der Waals surface area (Å²) in [5.74, 6) is -0.942. The van der Waals surface area contributed by atoms with Gasteiger partial charge >= 0.3 is 0 Å². The number of carbonyl (C=O) groups excluding carboxylic acids is 2. The molecule has 1 aliphatic rings. The molecule has 2 aromatic carbocycles. The van der Waals surface area contributed by atoms with E-state index in [1.807, 2.05) is 30.3 Å². The number of hydrogen-bond acceptors (Lipinski definition) is 4. The first-order valence-electron chi connectivity index (χ1n) is 7.48. The molecule has 0 radical (unpaired) electrons. The fourth-order valence-corrected chi connectivity index (χ4v) is 4.21. The Bertz CT molecular complexity index is 907. The average Bonchev–Trinajstić information content (AvgIpc) is 2.79. The number of fused-ring (bicyclic) bond motifs is 1. The minimum Gasteiger partial charge on any atom is -0.348 e. The second-order valence-corrected chi connectivity index (χ2v) is 7.18. The molecular formula is C17H16N2O4S. The van der Waals surface area contributed by atoms with Crippen molar-refractivity contribution in [3.63, 3.8) is 0 Å². The molecule has 0 fully saturated rings. The Labute approximate surface area is 140 Å². The minimum atomic E-state index is -3.86. The van der Waals surface area contributed by atoms with Crippen LogP contribution in [-0.4, -0.2) is 31.1 Å². The van der Waals surface area contributed by atoms with Crippen LogP contribution in [0.15, 0.2) is 53.4 Å². The van der Waals surface area contributed by atoms with Gasteiger partial charge in [-0.2, -0.15) is 0 Å². The van der Waals surface area contributed by atoms with Crippen molar-refractivity contribution in [1.29, 1.82) is 0 Å². The summed E-state index contributed by atoms with van der Waals surface area (Å²) in [4.78, 5) is 24.2. The van der Waals surface area contributed by atoms with Crippen LogP contribution in [0, 0.1) is 0 Å². The molecule has 2 aromatic rings. The van der Waals surface area contributed by atoms with Gasteiger partial charge in [0.1, 0.15) is 4.90 Å². The van der Waals surface area contributed by atoms with E-state index in [1.165, 1.54) is 18.2 Å². The van der Waals surface area contributed by atoms with Gasteiger partial charge in [-0.15, -0.1) is 0 Å². The zero-order valence-electron chi connectivity index (χ0n) is 13.0. The van der Waals surface area contributed by atoms with Crippen molar-refractivity contribution in [2.45, 2.75) is 18.4 Å². The second-order valence-electron chi connectivity index (χ2n) is 5.35. The van der Waals surface area contributed by atoms with Crippen molar-refractivity contribution in [2.75, 3.05) is 6.54 Å². The highest BCUT2D eigenvalue weighted by molar-refractivity contribution is 7.90. The van der Waals surface area contributed by atoms with E-state index < -0.39 is 15.9 Å². The highest BCUT2D eigenvalue weighted by Crippen LogP contribution is 2.30. The summed E-state index contributed by atoms with van der Waals surface area (Å²) in [6.45, 7) is 1.99. The van der Waals surface area contributed by atoms with E-state index in [9.17, 15) is 18.0 Å². The Morgan fingerprint density at radius 3 is 2.50 bits per heavy atom. The van der Waals surface area contributed by atoms with E-state index in [-0.39, 0.29) is 28.5 Å². The monoisotopic (exact) mass is 344 g/mol. The van der Waals surface area contributed by atoms with E-state index >= 15 is 0 Å². The Morgan fingerprint density at radius 2 is 1.83 bits per heavy atom. The highest BCUT2D eigenvalue weighted by atomic mass is 32.2. The lowest BCUT2D eigenvalue weighted by Crippen LogP contribution is -2.29. The number of benzene rings is 2. The summed E-state index contributed by atoms with van der Waals surface area (Å²) in [7, 11) is -3.86. The normalized spacial score (nSPS) is 15.2. The highest BCUT2D eigenvalue weighted by Gasteiger charge is 2.40. The van der Waals surface area contributed by atoms with Crippen LogP contribution in [-0.2, 0) is 16.6 Å². The Balaban J connectivity index is 1.85. The van der Waals surface area contributed by atoms with Crippen LogP contribution in [0.3, 0.4) is 0 Å². The van der Waals surface area contributed by atoms with Crippen molar-refractivity contribution in [3.8, 4) is 0 Å². The largest absolute Gasteiger partial charge is 0.348 e. The number of nitrogens with one attached hydrogen (secondary N) is 1. The molecule has 124 valence electrons. The first kappa shape index (κ1) is 16.2. The van der Waals surface area contributed by atoms with Gasteiger partial charge in [-0.1, -0.05) is 30.3 Å². The molecular weight excluding hydrogens is 328 g/mol. The fraction of sp³-hybridized carbons (Fsp3) is 0.176. The van der Waals surface area contributed by atoms with Crippen molar-refractivity contribution in [3.05, 3.63) is 65.2 Å². The van der Waals surface area contributed by atoms with Gasteiger partial charge in [0, 0.05) is 18.7 Å². The van der Waals surface area contributed by atoms with Crippen LogP contribution in [0.5, 0.6) is 0 Å². The first-order valence-corrected chi connectivity index (χ1v) is 8.92. The topological polar surface area (TPSA) is 83.6 Å². The molecule has 1 N–H and O–H groups in total. The minimum absolute atomic E-state index is 0.0609. The summed E-state index contributed by atoms with van der Waals surface area (Å²) < 4.78 is 25.5. The molecule has 6 nitrogen and oxygen atoms in total. The Morgan fingerprint density at radius 1 is 1.12 bits per heavy atom. The number of amides is 2. The third-order valence-corrected chi connectivity index (χ3v) is 5.75. The predicted octanol–water partition coefficient (Wildman–Crippen LogP) is 1.78. The Hall–Kier alpha value is -2.67. The number of hydrogen-bond donors (Lipinski definition) is 1. The standard InChI is InChI=1S/C17H16N2O4S/c1-2-19-17(21)14-9-8-13(10-15(14)24(19,22)23)16(20)18-11-12-6-4-3-5-7-12/h3-10H,2,11H2,1H3,(H,18,20). The smallest absolute Gasteiger partial charge is 0.268 e. The number of rotatable bonds is 4. The molecule has 0 aromatic heterocycles. The SMILES string of the molecule is CCN1C(=O)c2ccc(C(=O)NCc3ccccc3)cc2S1(=O)=O. The number of sulfonamides is 1. The molecule has 0 aliphatic carbocycles. The van der Waals surface area contributed by atoms with Gasteiger partial charge in [-0.05, 0) is 30.7 Å². The molecule has 0 spiro atoms. The first-order chi connectivity index (χ1) is 11.4. The van der Waals surface area contributed by atoms with Crippen LogP contribution in [0.25, 0.3) is 0 Å². The molecule has 7 heteroatoms. The van der Waals surface area contributed by atoms with E-state index in [0.29, 0.717) is 6.54 Å². The maximum absolute atomic E-state index is 12.4. The summed E-state index contributed by atoms with van der Waals surface area (Å²) in [5.41, 5.74) is 1.25. The van der Waals surface area contributed by atoms with Crippen molar-refractivity contribution in [1.82, 2.24) is 9.62 Å². The lowest BCUT2D eigenvalue weighted by molar-refractivity contribution is 0.0874. The molecule has 1 aliphatic heterocycles. The second kappa shape index (κ2) is 6.09. The third-order valence-electron chi connectivity index (χ3n) is 3.85. The molecule has 1 heterocycles. The molecule has 0 saturated carbocycles. The molecule has 24 heavy (non-hydrogen) atoms. The van der Waals surface area contributed by atoms with Gasteiger partial charge in [0.2, 0.25) is 0 Å². The zero-order valence-corrected chi connectivity index (χ0v) is 13.8. The fourth-order valence-electron chi connectivity index (χ4n) is 2.61.